The number of hydrogen-bond acceptors (Lipinski definition) is 2. The highest BCUT2D eigenvalue weighted by molar-refractivity contribution is 5.91. The molecule has 1 aromatic rings. The summed E-state index contributed by atoms with van der Waals surface area (Å²) in [6.07, 6.45) is 2.47. The third kappa shape index (κ3) is 5.07. The molecule has 0 aromatic heterocycles. The first-order chi connectivity index (χ1) is 12.7. The van der Waals surface area contributed by atoms with Gasteiger partial charge in [-0.05, 0) is 61.9 Å². The molecular weight excluding hydrogens is 346 g/mol. The number of halogens is 2. The number of likely N-dealkylation sites (tertiary alicyclic amines) is 1. The first kappa shape index (κ1) is 20.2. The van der Waals surface area contributed by atoms with E-state index >= 15 is 0 Å². The van der Waals surface area contributed by atoms with Crippen molar-refractivity contribution in [2.75, 3.05) is 26.2 Å². The molecule has 1 aliphatic carbocycles. The lowest BCUT2D eigenvalue weighted by Crippen LogP contribution is -2.47. The van der Waals surface area contributed by atoms with E-state index in [1.54, 1.807) is 12.1 Å². The highest BCUT2D eigenvalue weighted by atomic mass is 19.1. The van der Waals surface area contributed by atoms with Gasteiger partial charge >= 0.3 is 0 Å². The molecule has 2 fully saturated rings. The van der Waals surface area contributed by atoms with Gasteiger partial charge in [-0.1, -0.05) is 32.9 Å². The van der Waals surface area contributed by atoms with Crippen molar-refractivity contribution in [3.63, 3.8) is 0 Å². The Morgan fingerprint density at radius 2 is 1.93 bits per heavy atom. The smallest absolute Gasteiger partial charge is 0.230 e. The molecule has 0 radical (unpaired) electrons. The van der Waals surface area contributed by atoms with Gasteiger partial charge in [0.2, 0.25) is 5.91 Å². The Hall–Kier alpha value is -1.49. The van der Waals surface area contributed by atoms with Crippen LogP contribution in [0.2, 0.25) is 0 Å². The second-order valence-electron chi connectivity index (χ2n) is 9.48. The summed E-state index contributed by atoms with van der Waals surface area (Å²) in [6.45, 7) is 9.28. The molecule has 3 nitrogen and oxygen atoms in total. The minimum Gasteiger partial charge on any atom is -0.355 e. The van der Waals surface area contributed by atoms with Gasteiger partial charge in [0.15, 0.2) is 0 Å². The third-order valence-corrected chi connectivity index (χ3v) is 6.04. The molecule has 5 heteroatoms. The number of benzene rings is 1. The maximum Gasteiger partial charge on any atom is 0.230 e. The van der Waals surface area contributed by atoms with E-state index in [9.17, 15) is 13.6 Å². The van der Waals surface area contributed by atoms with E-state index in [2.05, 4.69) is 31.0 Å². The zero-order valence-corrected chi connectivity index (χ0v) is 16.7. The largest absolute Gasteiger partial charge is 0.355 e. The molecule has 0 spiro atoms. The predicted molar refractivity (Wildman–Crippen MR) is 104 cm³/mol. The van der Waals surface area contributed by atoms with Crippen molar-refractivity contribution >= 4 is 5.91 Å². The lowest BCUT2D eigenvalue weighted by molar-refractivity contribution is -0.124. The van der Waals surface area contributed by atoms with Crippen LogP contribution in [0, 0.1) is 17.2 Å². The van der Waals surface area contributed by atoms with Crippen LogP contribution >= 0.6 is 0 Å². The van der Waals surface area contributed by atoms with Gasteiger partial charge in [0, 0.05) is 19.0 Å². The van der Waals surface area contributed by atoms with E-state index in [0.29, 0.717) is 13.1 Å². The number of carbonyl (C=O) groups excluding carboxylic acids is 1. The van der Waals surface area contributed by atoms with Gasteiger partial charge < -0.3 is 10.2 Å². The number of hydrogen-bond donors (Lipinski definition) is 1. The summed E-state index contributed by atoms with van der Waals surface area (Å²) in [5, 5.41) is 2.98. The van der Waals surface area contributed by atoms with Crippen LogP contribution in [0.3, 0.4) is 0 Å². The van der Waals surface area contributed by atoms with E-state index in [4.69, 9.17) is 0 Å². The number of rotatable bonds is 6. The first-order valence-electron chi connectivity index (χ1n) is 10.1. The highest BCUT2D eigenvalue weighted by Crippen LogP contribution is 2.48. The molecule has 1 saturated carbocycles. The fourth-order valence-electron chi connectivity index (χ4n) is 3.88. The second kappa shape index (κ2) is 7.86. The van der Waals surface area contributed by atoms with Crippen molar-refractivity contribution in [3.05, 3.63) is 35.6 Å². The molecule has 1 heterocycles. The van der Waals surface area contributed by atoms with Crippen molar-refractivity contribution in [2.45, 2.75) is 58.0 Å². The summed E-state index contributed by atoms with van der Waals surface area (Å²) in [7, 11) is 0. The Balaban J connectivity index is 1.48. The van der Waals surface area contributed by atoms with Crippen molar-refractivity contribution in [3.8, 4) is 0 Å². The second-order valence-corrected chi connectivity index (χ2v) is 9.48. The maximum absolute atomic E-state index is 14.6. The van der Waals surface area contributed by atoms with Crippen molar-refractivity contribution in [1.82, 2.24) is 10.2 Å². The van der Waals surface area contributed by atoms with Crippen LogP contribution in [-0.2, 0) is 10.2 Å². The van der Waals surface area contributed by atoms with E-state index < -0.39 is 11.6 Å². The molecule has 1 saturated heterocycles. The van der Waals surface area contributed by atoms with Crippen LogP contribution in [0.4, 0.5) is 8.78 Å². The van der Waals surface area contributed by atoms with Crippen LogP contribution < -0.4 is 5.32 Å². The minimum atomic E-state index is -0.903. The SMILES string of the molecule is CC(C)(C)CCN1CCC(CNC(=O)C2(c3ccc(F)cc3)CC2)C(F)C1. The van der Waals surface area contributed by atoms with Gasteiger partial charge in [0.1, 0.15) is 12.0 Å². The molecule has 150 valence electrons. The van der Waals surface area contributed by atoms with Gasteiger partial charge in [-0.25, -0.2) is 8.78 Å². The summed E-state index contributed by atoms with van der Waals surface area (Å²) in [4.78, 5) is 14.9. The number of carbonyl (C=O) groups is 1. The van der Waals surface area contributed by atoms with Crippen LogP contribution in [-0.4, -0.2) is 43.2 Å². The Kier molecular flexibility index (Phi) is 5.90. The summed E-state index contributed by atoms with van der Waals surface area (Å²) in [5.41, 5.74) is 0.581. The number of nitrogens with one attached hydrogen (secondary N) is 1. The molecule has 1 aromatic carbocycles. The fourth-order valence-corrected chi connectivity index (χ4v) is 3.88. The monoisotopic (exact) mass is 378 g/mol. The van der Waals surface area contributed by atoms with Gasteiger partial charge in [-0.15, -0.1) is 0 Å². The third-order valence-electron chi connectivity index (χ3n) is 6.04. The van der Waals surface area contributed by atoms with E-state index in [1.165, 1.54) is 12.1 Å². The highest BCUT2D eigenvalue weighted by Gasteiger charge is 2.51. The predicted octanol–water partition coefficient (Wildman–Crippen LogP) is 4.07. The normalized spacial score (nSPS) is 25.2. The topological polar surface area (TPSA) is 32.3 Å². The van der Waals surface area contributed by atoms with Gasteiger partial charge in [-0.2, -0.15) is 0 Å². The molecule has 1 aliphatic heterocycles. The molecule has 1 N–H and O–H groups in total. The van der Waals surface area contributed by atoms with Crippen LogP contribution in [0.15, 0.2) is 24.3 Å². The zero-order valence-electron chi connectivity index (χ0n) is 16.7. The van der Waals surface area contributed by atoms with Gasteiger partial charge in [0.25, 0.3) is 0 Å². The lowest BCUT2D eigenvalue weighted by atomic mass is 9.90. The fraction of sp³-hybridized carbons (Fsp3) is 0.682. The summed E-state index contributed by atoms with van der Waals surface area (Å²) >= 11 is 0. The van der Waals surface area contributed by atoms with E-state index in [-0.39, 0.29) is 23.1 Å². The summed E-state index contributed by atoms with van der Waals surface area (Å²) in [5.74, 6) is -0.464. The quantitative estimate of drug-likeness (QED) is 0.809. The molecular formula is C22H32F2N2O. The number of piperidine rings is 1. The Labute approximate surface area is 161 Å². The van der Waals surface area contributed by atoms with Crippen molar-refractivity contribution < 1.29 is 13.6 Å². The van der Waals surface area contributed by atoms with Crippen LogP contribution in [0.1, 0.15) is 52.0 Å². The van der Waals surface area contributed by atoms with E-state index in [0.717, 1.165) is 44.3 Å². The van der Waals surface area contributed by atoms with Crippen molar-refractivity contribution in [2.24, 2.45) is 11.3 Å². The number of nitrogens with zero attached hydrogens (tertiary/aromatic N) is 1. The zero-order chi connectivity index (χ0) is 19.7. The molecule has 2 aliphatic rings. The summed E-state index contributed by atoms with van der Waals surface area (Å²) < 4.78 is 27.7. The Morgan fingerprint density at radius 1 is 1.26 bits per heavy atom. The number of amides is 1. The first-order valence-corrected chi connectivity index (χ1v) is 10.1. The van der Waals surface area contributed by atoms with Gasteiger partial charge in [-0.3, -0.25) is 4.79 Å². The standard InChI is InChI=1S/C22H32F2N2O/c1-21(2,3)11-13-26-12-8-16(19(24)15-26)14-25-20(27)22(9-10-22)17-4-6-18(23)7-5-17/h4-7,16,19H,8-15H2,1-3H3,(H,25,27). The molecule has 1 amide bonds. The van der Waals surface area contributed by atoms with Gasteiger partial charge in [0.05, 0.1) is 5.41 Å². The average molecular weight is 379 g/mol. The van der Waals surface area contributed by atoms with E-state index in [1.807, 2.05) is 0 Å². The number of alkyl halides is 1. The molecule has 2 unspecified atom stereocenters. The minimum absolute atomic E-state index is 0.0449. The Bertz CT molecular complexity index is 649. The Morgan fingerprint density at radius 3 is 2.48 bits per heavy atom. The van der Waals surface area contributed by atoms with Crippen LogP contribution in [0.25, 0.3) is 0 Å². The van der Waals surface area contributed by atoms with Crippen molar-refractivity contribution in [1.29, 1.82) is 0 Å². The molecule has 3 rings (SSSR count). The average Bonchev–Trinajstić information content (AvgIpc) is 3.41. The van der Waals surface area contributed by atoms with Crippen LogP contribution in [0.5, 0.6) is 0 Å². The molecule has 2 atom stereocenters. The summed E-state index contributed by atoms with van der Waals surface area (Å²) in [6, 6.07) is 6.17. The molecule has 27 heavy (non-hydrogen) atoms. The molecule has 0 bridgehead atoms. The maximum atomic E-state index is 14.6. The lowest BCUT2D eigenvalue weighted by Gasteiger charge is -2.36.